The van der Waals surface area contributed by atoms with Crippen molar-refractivity contribution in [1.29, 1.82) is 0 Å². The number of anilines is 1. The van der Waals surface area contributed by atoms with Crippen LogP contribution in [0.4, 0.5) is 36.8 Å². The van der Waals surface area contributed by atoms with Gasteiger partial charge in [0.2, 0.25) is 5.88 Å². The second kappa shape index (κ2) is 11.7. The summed E-state index contributed by atoms with van der Waals surface area (Å²) in [5.41, 5.74) is 5.40. The van der Waals surface area contributed by atoms with Gasteiger partial charge < -0.3 is 25.8 Å². The number of ether oxygens (including phenoxy) is 1. The van der Waals surface area contributed by atoms with E-state index in [1.807, 2.05) is 18.2 Å². The van der Waals surface area contributed by atoms with Crippen LogP contribution in [0.1, 0.15) is 24.1 Å². The number of carboxylic acid groups (broad SMARTS) is 1. The van der Waals surface area contributed by atoms with E-state index in [1.54, 1.807) is 17.0 Å². The number of aliphatic carboxylic acids is 1. The molecule has 35 heavy (non-hydrogen) atoms. The number of amides is 2. The number of piperidine rings is 1. The van der Waals surface area contributed by atoms with Gasteiger partial charge in [0.1, 0.15) is 11.8 Å². The van der Waals surface area contributed by atoms with Crippen LogP contribution in [-0.4, -0.2) is 52.4 Å². The fraction of sp³-hybridized carbons (Fsp3) is 0.381. The highest BCUT2D eigenvalue weighted by Gasteiger charge is 2.38. The number of aromatic nitrogens is 1. The monoisotopic (exact) mass is 508 g/mol. The predicted octanol–water partition coefficient (Wildman–Crippen LogP) is 4.27. The van der Waals surface area contributed by atoms with Gasteiger partial charge in [-0.05, 0) is 36.6 Å². The maximum absolute atomic E-state index is 13.0. The summed E-state index contributed by atoms with van der Waals surface area (Å²) in [6, 6.07) is 11.1. The van der Waals surface area contributed by atoms with Crippen LogP contribution >= 0.6 is 0 Å². The van der Waals surface area contributed by atoms with Gasteiger partial charge in [-0.15, -0.1) is 0 Å². The number of hydrogen-bond donors (Lipinski definition) is 3. The molecule has 1 aromatic heterocycles. The highest BCUT2D eigenvalue weighted by Crippen LogP contribution is 2.30. The van der Waals surface area contributed by atoms with E-state index >= 15 is 0 Å². The highest BCUT2D eigenvalue weighted by molar-refractivity contribution is 5.89. The lowest BCUT2D eigenvalue weighted by Crippen LogP contribution is -2.46. The Morgan fingerprint density at radius 1 is 1.14 bits per heavy atom. The molecule has 2 amide bonds. The zero-order chi connectivity index (χ0) is 26.2. The first-order valence-electron chi connectivity index (χ1n) is 10.2. The van der Waals surface area contributed by atoms with Crippen molar-refractivity contribution in [3.05, 3.63) is 53.7 Å². The summed E-state index contributed by atoms with van der Waals surface area (Å²) in [7, 11) is 0. The molecule has 1 aliphatic rings. The van der Waals surface area contributed by atoms with Crippen LogP contribution in [0.3, 0.4) is 0 Å². The number of nitrogens with two attached hydrogens (primary N) is 1. The summed E-state index contributed by atoms with van der Waals surface area (Å²) >= 11 is 0. The summed E-state index contributed by atoms with van der Waals surface area (Å²) in [4.78, 5) is 26.5. The Morgan fingerprint density at radius 2 is 1.77 bits per heavy atom. The second-order valence-corrected chi connectivity index (χ2v) is 7.33. The second-order valence-electron chi connectivity index (χ2n) is 7.33. The van der Waals surface area contributed by atoms with E-state index in [0.717, 1.165) is 6.07 Å². The summed E-state index contributed by atoms with van der Waals surface area (Å²) in [6.07, 6.45) is -8.82. The minimum atomic E-state index is -5.08. The molecule has 2 aromatic rings. The molecule has 0 aliphatic carbocycles. The summed E-state index contributed by atoms with van der Waals surface area (Å²) in [5, 5.41) is 9.92. The van der Waals surface area contributed by atoms with Gasteiger partial charge >= 0.3 is 24.4 Å². The van der Waals surface area contributed by atoms with Crippen LogP contribution < -0.4 is 15.8 Å². The predicted molar refractivity (Wildman–Crippen MR) is 112 cm³/mol. The van der Waals surface area contributed by atoms with Crippen molar-refractivity contribution < 1.29 is 45.8 Å². The lowest BCUT2D eigenvalue weighted by atomic mass is 10.1. The zero-order valence-electron chi connectivity index (χ0n) is 18.1. The number of pyridine rings is 1. The van der Waals surface area contributed by atoms with Crippen molar-refractivity contribution in [2.45, 2.75) is 37.8 Å². The van der Waals surface area contributed by atoms with E-state index < -0.39 is 30.1 Å². The molecule has 0 spiro atoms. The third-order valence-electron chi connectivity index (χ3n) is 4.61. The fourth-order valence-corrected chi connectivity index (χ4v) is 3.00. The molecule has 1 aliphatic heterocycles. The number of likely N-dealkylation sites (tertiary alicyclic amines) is 1. The van der Waals surface area contributed by atoms with Crippen molar-refractivity contribution in [3.63, 3.8) is 0 Å². The lowest BCUT2D eigenvalue weighted by molar-refractivity contribution is -0.192. The maximum atomic E-state index is 13.0. The highest BCUT2D eigenvalue weighted by atomic mass is 19.4. The summed E-state index contributed by atoms with van der Waals surface area (Å²) in [6.45, 7) is 0.745. The van der Waals surface area contributed by atoms with Gasteiger partial charge in [-0.3, -0.25) is 0 Å². The van der Waals surface area contributed by atoms with Crippen LogP contribution in [0.25, 0.3) is 0 Å². The molecular formula is C21H22F6N4O4. The molecule has 0 unspecified atom stereocenters. The van der Waals surface area contributed by atoms with E-state index in [2.05, 4.69) is 10.3 Å². The molecule has 8 nitrogen and oxygen atoms in total. The average Bonchev–Trinajstić information content (AvgIpc) is 2.79. The summed E-state index contributed by atoms with van der Waals surface area (Å²) in [5.74, 6) is -2.89. The number of carboxylic acids is 1. The first-order chi connectivity index (χ1) is 16.3. The summed E-state index contributed by atoms with van der Waals surface area (Å²) < 4.78 is 76.5. The fourth-order valence-electron chi connectivity index (χ4n) is 3.00. The Kier molecular flexibility index (Phi) is 9.28. The minimum absolute atomic E-state index is 0.0573. The minimum Gasteiger partial charge on any atom is -0.475 e. The topological polar surface area (TPSA) is 118 Å². The van der Waals surface area contributed by atoms with E-state index in [-0.39, 0.29) is 30.6 Å². The Bertz CT molecular complexity index is 1000. The van der Waals surface area contributed by atoms with Crippen molar-refractivity contribution in [1.82, 2.24) is 9.88 Å². The number of benzene rings is 1. The lowest BCUT2D eigenvalue weighted by Gasteiger charge is -2.32. The molecule has 3 rings (SSSR count). The number of urea groups is 1. The molecule has 0 bridgehead atoms. The van der Waals surface area contributed by atoms with E-state index in [0.29, 0.717) is 25.1 Å². The normalized spacial score (nSPS) is 16.1. The molecule has 1 saturated heterocycles. The maximum Gasteiger partial charge on any atom is 0.490 e. The molecule has 0 radical (unpaired) electrons. The van der Waals surface area contributed by atoms with Gasteiger partial charge in [-0.25, -0.2) is 14.6 Å². The average molecular weight is 508 g/mol. The van der Waals surface area contributed by atoms with Crippen LogP contribution in [0, 0.1) is 0 Å². The van der Waals surface area contributed by atoms with E-state index in [1.165, 1.54) is 6.07 Å². The Morgan fingerprint density at radius 3 is 2.31 bits per heavy atom. The Hall–Kier alpha value is -3.55. The molecule has 1 atom stereocenters. The standard InChI is InChI=1S/C19H21F3N4O2.C2HF3O2/c20-19(21,22)16-9-13(11-23)10-17(25-16)28-15-7-4-8-26(12-15)18(27)24-14-5-2-1-3-6-14;3-2(4,5)1(6)7/h1-3,5-6,9-10,15H,4,7-8,11-12,23H2,(H,24,27);(H,6,7)/t15-;/m1./s1. The number of nitrogens with zero attached hydrogens (tertiary/aromatic N) is 2. The number of hydrogen-bond acceptors (Lipinski definition) is 5. The number of rotatable bonds is 4. The quantitative estimate of drug-likeness (QED) is 0.531. The smallest absolute Gasteiger partial charge is 0.475 e. The van der Waals surface area contributed by atoms with Crippen molar-refractivity contribution >= 4 is 17.7 Å². The zero-order valence-corrected chi connectivity index (χ0v) is 18.1. The third kappa shape index (κ3) is 8.96. The molecule has 2 heterocycles. The number of carbonyl (C=O) groups excluding carboxylic acids is 1. The van der Waals surface area contributed by atoms with Gasteiger partial charge in [-0.1, -0.05) is 18.2 Å². The van der Waals surface area contributed by atoms with Crippen molar-refractivity contribution in [2.75, 3.05) is 18.4 Å². The van der Waals surface area contributed by atoms with E-state index in [4.69, 9.17) is 20.4 Å². The van der Waals surface area contributed by atoms with Gasteiger partial charge in [0, 0.05) is 24.8 Å². The SMILES string of the molecule is NCc1cc(O[C@@H]2CCCN(C(=O)Nc3ccccc3)C2)nc(C(F)(F)F)c1.O=C(O)C(F)(F)F. The van der Waals surface area contributed by atoms with Crippen molar-refractivity contribution in [2.24, 2.45) is 5.73 Å². The van der Waals surface area contributed by atoms with Crippen LogP contribution in [0.5, 0.6) is 5.88 Å². The molecule has 1 aromatic carbocycles. The molecule has 0 saturated carbocycles. The van der Waals surface area contributed by atoms with E-state index in [9.17, 15) is 31.1 Å². The number of carbonyl (C=O) groups is 2. The first-order valence-corrected chi connectivity index (χ1v) is 10.2. The van der Waals surface area contributed by atoms with Gasteiger partial charge in [-0.2, -0.15) is 26.3 Å². The third-order valence-corrected chi connectivity index (χ3v) is 4.61. The van der Waals surface area contributed by atoms with Crippen LogP contribution in [0.2, 0.25) is 0 Å². The molecule has 192 valence electrons. The molecule has 1 fully saturated rings. The largest absolute Gasteiger partial charge is 0.490 e. The van der Waals surface area contributed by atoms with Gasteiger partial charge in [0.25, 0.3) is 0 Å². The Balaban J connectivity index is 0.000000540. The number of alkyl halides is 6. The van der Waals surface area contributed by atoms with Crippen LogP contribution in [0.15, 0.2) is 42.5 Å². The molecule has 14 heteroatoms. The first kappa shape index (κ1) is 27.7. The molecule has 4 N–H and O–H groups in total. The van der Waals surface area contributed by atoms with Crippen LogP contribution in [-0.2, 0) is 17.5 Å². The number of para-hydroxylation sites is 1. The Labute approximate surface area is 195 Å². The van der Waals surface area contributed by atoms with Gasteiger partial charge in [0.15, 0.2) is 0 Å². The number of nitrogens with one attached hydrogen (secondary N) is 1. The molecular weight excluding hydrogens is 486 g/mol. The van der Waals surface area contributed by atoms with Crippen molar-refractivity contribution in [3.8, 4) is 5.88 Å². The van der Waals surface area contributed by atoms with Gasteiger partial charge in [0.05, 0.1) is 6.54 Å². The number of halogens is 6.